The van der Waals surface area contributed by atoms with Crippen LogP contribution in [0.25, 0.3) is 10.9 Å². The summed E-state index contributed by atoms with van der Waals surface area (Å²) < 4.78 is 15.7. The number of aliphatic hydroxyl groups excluding tert-OH is 1. The van der Waals surface area contributed by atoms with Crippen molar-refractivity contribution in [1.29, 1.82) is 0 Å². The summed E-state index contributed by atoms with van der Waals surface area (Å²) in [6.45, 7) is 1.70. The molecule has 0 bridgehead atoms. The van der Waals surface area contributed by atoms with E-state index < -0.39 is 0 Å². The standard InChI is InChI=1S/C15H19FN2O/c1-18-9-11(7-10-8-17-6-5-14(10)19)12-3-2-4-13(16)15(12)18/h2-4,9-10,14,17,19H,5-8H2,1H3. The topological polar surface area (TPSA) is 37.2 Å². The number of aliphatic hydroxyl groups is 1. The molecule has 3 rings (SSSR count). The average molecular weight is 262 g/mol. The summed E-state index contributed by atoms with van der Waals surface area (Å²) in [5.41, 5.74) is 1.76. The predicted octanol–water partition coefficient (Wildman–Crippen LogP) is 1.83. The van der Waals surface area contributed by atoms with Gasteiger partial charge >= 0.3 is 0 Å². The van der Waals surface area contributed by atoms with Crippen LogP contribution in [0.5, 0.6) is 0 Å². The van der Waals surface area contributed by atoms with Crippen LogP contribution in [0.15, 0.2) is 24.4 Å². The van der Waals surface area contributed by atoms with Gasteiger partial charge in [-0.3, -0.25) is 0 Å². The zero-order valence-electron chi connectivity index (χ0n) is 11.1. The van der Waals surface area contributed by atoms with Crippen molar-refractivity contribution in [2.75, 3.05) is 13.1 Å². The molecule has 0 radical (unpaired) electrons. The molecule has 1 fully saturated rings. The van der Waals surface area contributed by atoms with E-state index in [1.807, 2.05) is 23.9 Å². The quantitative estimate of drug-likeness (QED) is 0.866. The highest BCUT2D eigenvalue weighted by Crippen LogP contribution is 2.27. The van der Waals surface area contributed by atoms with Crippen LogP contribution in [0, 0.1) is 11.7 Å². The molecule has 2 heterocycles. The summed E-state index contributed by atoms with van der Waals surface area (Å²) in [5.74, 6) is 0.0242. The van der Waals surface area contributed by atoms with Crippen LogP contribution in [0.1, 0.15) is 12.0 Å². The zero-order chi connectivity index (χ0) is 13.4. The third-order valence-corrected chi connectivity index (χ3v) is 4.08. The van der Waals surface area contributed by atoms with E-state index >= 15 is 0 Å². The van der Waals surface area contributed by atoms with Gasteiger partial charge in [-0.15, -0.1) is 0 Å². The lowest BCUT2D eigenvalue weighted by Gasteiger charge is -2.28. The molecule has 2 unspecified atom stereocenters. The predicted molar refractivity (Wildman–Crippen MR) is 73.6 cm³/mol. The molecular weight excluding hydrogens is 243 g/mol. The molecule has 1 aromatic carbocycles. The summed E-state index contributed by atoms with van der Waals surface area (Å²) in [5, 5.41) is 14.3. The minimum Gasteiger partial charge on any atom is -0.393 e. The molecule has 1 saturated heterocycles. The summed E-state index contributed by atoms with van der Waals surface area (Å²) in [6, 6.07) is 5.19. The number of halogens is 1. The fourth-order valence-corrected chi connectivity index (χ4v) is 3.06. The van der Waals surface area contributed by atoms with Crippen LogP contribution in [0.3, 0.4) is 0 Å². The van der Waals surface area contributed by atoms with Gasteiger partial charge < -0.3 is 15.0 Å². The lowest BCUT2D eigenvalue weighted by molar-refractivity contribution is 0.0793. The van der Waals surface area contributed by atoms with E-state index in [1.165, 1.54) is 6.07 Å². The third-order valence-electron chi connectivity index (χ3n) is 4.08. The fraction of sp³-hybridized carbons (Fsp3) is 0.467. The number of hydrogen-bond acceptors (Lipinski definition) is 2. The Hall–Kier alpha value is -1.39. The third kappa shape index (κ3) is 2.26. The number of aryl methyl sites for hydroxylation is 1. The van der Waals surface area contributed by atoms with Gasteiger partial charge in [0.1, 0.15) is 5.82 Å². The fourth-order valence-electron chi connectivity index (χ4n) is 3.06. The van der Waals surface area contributed by atoms with Gasteiger partial charge in [0.25, 0.3) is 0 Å². The number of hydrogen-bond donors (Lipinski definition) is 2. The van der Waals surface area contributed by atoms with E-state index in [2.05, 4.69) is 5.32 Å². The summed E-state index contributed by atoms with van der Waals surface area (Å²) >= 11 is 0. The molecule has 2 atom stereocenters. The van der Waals surface area contributed by atoms with Crippen molar-refractivity contribution in [3.63, 3.8) is 0 Å². The number of fused-ring (bicyclic) bond motifs is 1. The number of rotatable bonds is 2. The van der Waals surface area contributed by atoms with Crippen LogP contribution in [0.2, 0.25) is 0 Å². The highest BCUT2D eigenvalue weighted by atomic mass is 19.1. The van der Waals surface area contributed by atoms with Crippen LogP contribution in [-0.4, -0.2) is 28.9 Å². The monoisotopic (exact) mass is 262 g/mol. The lowest BCUT2D eigenvalue weighted by Crippen LogP contribution is -2.40. The maximum absolute atomic E-state index is 13.8. The minimum atomic E-state index is -0.259. The Morgan fingerprint density at radius 2 is 2.32 bits per heavy atom. The first-order chi connectivity index (χ1) is 9.16. The number of nitrogens with one attached hydrogen (secondary N) is 1. The van der Waals surface area contributed by atoms with Crippen LogP contribution < -0.4 is 5.32 Å². The van der Waals surface area contributed by atoms with Gasteiger partial charge in [-0.25, -0.2) is 4.39 Å². The molecule has 0 aliphatic carbocycles. The molecular formula is C15H19FN2O. The highest BCUT2D eigenvalue weighted by molar-refractivity contribution is 5.84. The average Bonchev–Trinajstić information content (AvgIpc) is 2.71. The van der Waals surface area contributed by atoms with Gasteiger partial charge in [-0.2, -0.15) is 0 Å². The lowest BCUT2D eigenvalue weighted by atomic mass is 9.89. The van der Waals surface area contributed by atoms with Crippen molar-refractivity contribution in [3.8, 4) is 0 Å². The largest absolute Gasteiger partial charge is 0.393 e. The molecule has 2 aromatic rings. The molecule has 4 heteroatoms. The first-order valence-electron chi connectivity index (χ1n) is 6.78. The Labute approximate surface area is 112 Å². The van der Waals surface area contributed by atoms with Gasteiger partial charge in [0.05, 0.1) is 11.6 Å². The van der Waals surface area contributed by atoms with E-state index in [4.69, 9.17) is 0 Å². The normalized spacial score (nSPS) is 23.9. The molecule has 2 N–H and O–H groups in total. The van der Waals surface area contributed by atoms with Gasteiger partial charge in [0.15, 0.2) is 0 Å². The molecule has 0 saturated carbocycles. The van der Waals surface area contributed by atoms with Gasteiger partial charge in [-0.1, -0.05) is 12.1 Å². The van der Waals surface area contributed by atoms with E-state index in [9.17, 15) is 9.50 Å². The van der Waals surface area contributed by atoms with E-state index in [-0.39, 0.29) is 17.8 Å². The summed E-state index contributed by atoms with van der Waals surface area (Å²) in [7, 11) is 1.87. The molecule has 1 aliphatic rings. The van der Waals surface area contributed by atoms with Crippen molar-refractivity contribution in [2.24, 2.45) is 13.0 Å². The molecule has 19 heavy (non-hydrogen) atoms. The molecule has 1 aromatic heterocycles. The second-order valence-corrected chi connectivity index (χ2v) is 5.43. The molecule has 102 valence electrons. The Morgan fingerprint density at radius 1 is 1.47 bits per heavy atom. The van der Waals surface area contributed by atoms with Crippen molar-refractivity contribution in [3.05, 3.63) is 35.8 Å². The number of para-hydroxylation sites is 1. The minimum absolute atomic E-state index is 0.187. The SMILES string of the molecule is Cn1cc(CC2CNCCC2O)c2cccc(F)c21. The molecule has 0 amide bonds. The summed E-state index contributed by atoms with van der Waals surface area (Å²) in [6.07, 6.45) is 3.30. The Bertz CT molecular complexity index is 593. The smallest absolute Gasteiger partial charge is 0.147 e. The maximum Gasteiger partial charge on any atom is 0.147 e. The van der Waals surface area contributed by atoms with Crippen LogP contribution >= 0.6 is 0 Å². The van der Waals surface area contributed by atoms with Crippen molar-refractivity contribution < 1.29 is 9.50 Å². The first-order valence-corrected chi connectivity index (χ1v) is 6.78. The zero-order valence-corrected chi connectivity index (χ0v) is 11.1. The van der Waals surface area contributed by atoms with Gasteiger partial charge in [0.2, 0.25) is 0 Å². The van der Waals surface area contributed by atoms with Crippen molar-refractivity contribution >= 4 is 10.9 Å². The number of nitrogens with zero attached hydrogens (tertiary/aromatic N) is 1. The Balaban J connectivity index is 1.95. The number of aromatic nitrogens is 1. The molecule has 0 spiro atoms. The molecule has 3 nitrogen and oxygen atoms in total. The second kappa shape index (κ2) is 4.94. The number of benzene rings is 1. The van der Waals surface area contributed by atoms with Crippen LogP contribution in [0.4, 0.5) is 4.39 Å². The van der Waals surface area contributed by atoms with Gasteiger partial charge in [-0.05, 0) is 31.0 Å². The Morgan fingerprint density at radius 3 is 3.11 bits per heavy atom. The summed E-state index contributed by atoms with van der Waals surface area (Å²) in [4.78, 5) is 0. The van der Waals surface area contributed by atoms with E-state index in [0.717, 1.165) is 36.9 Å². The van der Waals surface area contributed by atoms with Gasteiger partial charge in [0, 0.05) is 31.1 Å². The van der Waals surface area contributed by atoms with Crippen LogP contribution in [-0.2, 0) is 13.5 Å². The molecule has 1 aliphatic heterocycles. The first kappa shape index (κ1) is 12.6. The number of piperidine rings is 1. The van der Waals surface area contributed by atoms with Crippen molar-refractivity contribution in [2.45, 2.75) is 18.9 Å². The maximum atomic E-state index is 13.8. The van der Waals surface area contributed by atoms with E-state index in [1.54, 1.807) is 6.07 Å². The Kier molecular flexibility index (Phi) is 3.29. The highest BCUT2D eigenvalue weighted by Gasteiger charge is 2.24. The van der Waals surface area contributed by atoms with Crippen molar-refractivity contribution in [1.82, 2.24) is 9.88 Å². The van der Waals surface area contributed by atoms with E-state index in [0.29, 0.717) is 5.52 Å². The second-order valence-electron chi connectivity index (χ2n) is 5.43.